The van der Waals surface area contributed by atoms with Gasteiger partial charge in [0.1, 0.15) is 12.4 Å². The monoisotopic (exact) mass is 363 g/mol. The van der Waals surface area contributed by atoms with Gasteiger partial charge in [-0.2, -0.15) is 4.68 Å². The topological polar surface area (TPSA) is 77.1 Å². The van der Waals surface area contributed by atoms with Crippen LogP contribution in [0.3, 0.4) is 0 Å². The molecule has 27 heavy (non-hydrogen) atoms. The van der Waals surface area contributed by atoms with Crippen molar-refractivity contribution in [3.63, 3.8) is 0 Å². The van der Waals surface area contributed by atoms with Crippen molar-refractivity contribution in [2.75, 3.05) is 5.32 Å². The molecule has 4 aromatic rings. The highest BCUT2D eigenvalue weighted by Crippen LogP contribution is 2.23. The number of amides is 1. The summed E-state index contributed by atoms with van der Waals surface area (Å²) in [5.74, 6) is -1.55. The lowest BCUT2D eigenvalue weighted by molar-refractivity contribution is -0.117. The van der Waals surface area contributed by atoms with Crippen molar-refractivity contribution in [3.8, 4) is 11.5 Å². The van der Waals surface area contributed by atoms with Crippen LogP contribution in [0.15, 0.2) is 75.9 Å². The van der Waals surface area contributed by atoms with Gasteiger partial charge in [0.25, 0.3) is 0 Å². The summed E-state index contributed by atoms with van der Waals surface area (Å²) in [7, 11) is 0. The Morgan fingerprint density at radius 2 is 1.78 bits per heavy atom. The zero-order chi connectivity index (χ0) is 18.8. The lowest BCUT2D eigenvalue weighted by atomic mass is 10.1. The number of benzene rings is 3. The number of hydrogen-bond donors (Lipinski definition) is 1. The number of carbonyl (C=O) groups excluding carboxylic acids is 1. The Morgan fingerprint density at radius 3 is 2.59 bits per heavy atom. The Morgan fingerprint density at radius 1 is 1.04 bits per heavy atom. The van der Waals surface area contributed by atoms with E-state index < -0.39 is 17.5 Å². The molecule has 7 heteroatoms. The van der Waals surface area contributed by atoms with E-state index in [1.807, 2.05) is 36.4 Å². The van der Waals surface area contributed by atoms with Crippen LogP contribution in [-0.2, 0) is 11.3 Å². The molecule has 0 aliphatic carbocycles. The number of rotatable bonds is 4. The Balaban J connectivity index is 1.55. The zero-order valence-corrected chi connectivity index (χ0v) is 14.1. The number of nitrogens with one attached hydrogen (secondary N) is 1. The second-order valence-electron chi connectivity index (χ2n) is 5.91. The van der Waals surface area contributed by atoms with Crippen molar-refractivity contribution in [3.05, 3.63) is 83.1 Å². The molecule has 1 amide bonds. The van der Waals surface area contributed by atoms with Gasteiger partial charge in [0, 0.05) is 16.6 Å². The third kappa shape index (κ3) is 3.48. The molecule has 1 aromatic heterocycles. The second kappa shape index (κ2) is 6.87. The molecule has 4 rings (SSSR count). The van der Waals surface area contributed by atoms with Crippen LogP contribution in [0.25, 0.3) is 22.2 Å². The SMILES string of the molecule is O=C(Cn1nc(-c2ccc(F)cc2)oc1=O)Nc1cccc2ccccc12. The first-order valence-corrected chi connectivity index (χ1v) is 8.22. The van der Waals surface area contributed by atoms with Crippen LogP contribution in [0.1, 0.15) is 0 Å². The van der Waals surface area contributed by atoms with Crippen LogP contribution in [0, 0.1) is 5.82 Å². The van der Waals surface area contributed by atoms with Crippen molar-refractivity contribution in [2.24, 2.45) is 0 Å². The second-order valence-corrected chi connectivity index (χ2v) is 5.91. The molecule has 0 fully saturated rings. The molecule has 0 saturated carbocycles. The van der Waals surface area contributed by atoms with Gasteiger partial charge in [-0.1, -0.05) is 36.4 Å². The summed E-state index contributed by atoms with van der Waals surface area (Å²) < 4.78 is 19.0. The smallest absolute Gasteiger partial charge is 0.388 e. The Hall–Kier alpha value is -3.74. The van der Waals surface area contributed by atoms with Crippen molar-refractivity contribution < 1.29 is 13.6 Å². The van der Waals surface area contributed by atoms with Crippen LogP contribution in [-0.4, -0.2) is 15.7 Å². The molecule has 0 aliphatic rings. The minimum absolute atomic E-state index is 0.0259. The Bertz CT molecular complexity index is 1170. The highest BCUT2D eigenvalue weighted by atomic mass is 19.1. The standard InChI is InChI=1S/C20H14FN3O3/c21-15-10-8-14(9-11-15)19-23-24(20(26)27-19)12-18(25)22-17-7-3-5-13-4-1-2-6-16(13)17/h1-11H,12H2,(H,22,25). The van der Waals surface area contributed by atoms with Gasteiger partial charge in [0.05, 0.1) is 0 Å². The number of halogens is 1. The number of aromatic nitrogens is 2. The number of hydrogen-bond acceptors (Lipinski definition) is 4. The quantitative estimate of drug-likeness (QED) is 0.603. The number of carbonyl (C=O) groups is 1. The van der Waals surface area contributed by atoms with Gasteiger partial charge in [0.15, 0.2) is 0 Å². The first kappa shape index (κ1) is 16.7. The van der Waals surface area contributed by atoms with Gasteiger partial charge in [-0.05, 0) is 35.7 Å². The third-order valence-corrected chi connectivity index (χ3v) is 4.05. The molecule has 0 saturated heterocycles. The van der Waals surface area contributed by atoms with Crippen molar-refractivity contribution in [1.29, 1.82) is 0 Å². The first-order chi connectivity index (χ1) is 13.1. The van der Waals surface area contributed by atoms with Crippen LogP contribution >= 0.6 is 0 Å². The summed E-state index contributed by atoms with van der Waals surface area (Å²) in [6.45, 7) is -0.299. The van der Waals surface area contributed by atoms with Crippen LogP contribution in [0.2, 0.25) is 0 Å². The molecule has 0 unspecified atom stereocenters. The molecule has 0 radical (unpaired) electrons. The van der Waals surface area contributed by atoms with E-state index >= 15 is 0 Å². The Kier molecular flexibility index (Phi) is 4.25. The molecule has 1 heterocycles. The van der Waals surface area contributed by atoms with Crippen molar-refractivity contribution in [1.82, 2.24) is 9.78 Å². The number of nitrogens with zero attached hydrogens (tertiary/aromatic N) is 2. The van der Waals surface area contributed by atoms with E-state index in [2.05, 4.69) is 10.4 Å². The molecular weight excluding hydrogens is 349 g/mol. The number of anilines is 1. The van der Waals surface area contributed by atoms with Crippen LogP contribution < -0.4 is 11.1 Å². The highest BCUT2D eigenvalue weighted by Gasteiger charge is 2.14. The summed E-state index contributed by atoms with van der Waals surface area (Å²) in [6, 6.07) is 18.6. The van der Waals surface area contributed by atoms with Crippen LogP contribution in [0.4, 0.5) is 10.1 Å². The van der Waals surface area contributed by atoms with Gasteiger partial charge in [-0.3, -0.25) is 4.79 Å². The predicted molar refractivity (Wildman–Crippen MR) is 98.7 cm³/mol. The maximum Gasteiger partial charge on any atom is 0.437 e. The minimum Gasteiger partial charge on any atom is -0.388 e. The summed E-state index contributed by atoms with van der Waals surface area (Å²) >= 11 is 0. The van der Waals surface area contributed by atoms with E-state index in [0.717, 1.165) is 15.5 Å². The number of fused-ring (bicyclic) bond motifs is 1. The van der Waals surface area contributed by atoms with Gasteiger partial charge in [0.2, 0.25) is 11.8 Å². The molecule has 0 spiro atoms. The van der Waals surface area contributed by atoms with Gasteiger partial charge >= 0.3 is 5.76 Å². The van der Waals surface area contributed by atoms with E-state index in [1.165, 1.54) is 24.3 Å². The van der Waals surface area contributed by atoms with E-state index in [4.69, 9.17) is 4.42 Å². The molecule has 0 atom stereocenters. The van der Waals surface area contributed by atoms with E-state index in [9.17, 15) is 14.0 Å². The largest absolute Gasteiger partial charge is 0.437 e. The van der Waals surface area contributed by atoms with Crippen molar-refractivity contribution >= 4 is 22.4 Å². The van der Waals surface area contributed by atoms with E-state index in [1.54, 1.807) is 6.07 Å². The Labute approximate surface area is 152 Å². The van der Waals surface area contributed by atoms with E-state index in [0.29, 0.717) is 11.3 Å². The fraction of sp³-hybridized carbons (Fsp3) is 0.0500. The summed E-state index contributed by atoms with van der Waals surface area (Å²) in [4.78, 5) is 24.3. The summed E-state index contributed by atoms with van der Waals surface area (Å²) in [5.41, 5.74) is 1.09. The fourth-order valence-electron chi connectivity index (χ4n) is 2.78. The molecule has 3 aromatic carbocycles. The normalized spacial score (nSPS) is 10.9. The highest BCUT2D eigenvalue weighted by molar-refractivity contribution is 6.01. The molecular formula is C20H14FN3O3. The molecule has 0 aliphatic heterocycles. The zero-order valence-electron chi connectivity index (χ0n) is 14.1. The predicted octanol–water partition coefficient (Wildman–Crippen LogP) is 3.43. The van der Waals surface area contributed by atoms with Crippen LogP contribution in [0.5, 0.6) is 0 Å². The molecule has 0 bridgehead atoms. The summed E-state index contributed by atoms with van der Waals surface area (Å²) in [6.07, 6.45) is 0. The maximum absolute atomic E-state index is 13.0. The maximum atomic E-state index is 13.0. The van der Waals surface area contributed by atoms with Gasteiger partial charge in [-0.15, -0.1) is 5.10 Å². The molecule has 134 valence electrons. The molecule has 1 N–H and O–H groups in total. The first-order valence-electron chi connectivity index (χ1n) is 8.22. The minimum atomic E-state index is -0.762. The lowest BCUT2D eigenvalue weighted by Crippen LogP contribution is -2.25. The van der Waals surface area contributed by atoms with Gasteiger partial charge < -0.3 is 9.73 Å². The fourth-order valence-corrected chi connectivity index (χ4v) is 2.78. The third-order valence-electron chi connectivity index (χ3n) is 4.05. The van der Waals surface area contributed by atoms with Gasteiger partial charge in [-0.25, -0.2) is 9.18 Å². The average Bonchev–Trinajstić information content (AvgIpc) is 3.03. The molecule has 6 nitrogen and oxygen atoms in total. The average molecular weight is 363 g/mol. The summed E-state index contributed by atoms with van der Waals surface area (Å²) in [5, 5.41) is 8.68. The van der Waals surface area contributed by atoms with E-state index in [-0.39, 0.29) is 12.4 Å². The lowest BCUT2D eigenvalue weighted by Gasteiger charge is -2.08. The van der Waals surface area contributed by atoms with Crippen molar-refractivity contribution in [2.45, 2.75) is 6.54 Å².